The first kappa shape index (κ1) is 5.24. The fourth-order valence-electron chi connectivity index (χ4n) is 1.68. The Balaban J connectivity index is 2.27. The Kier molecular flexibility index (Phi) is 0.995. The molecule has 0 bridgehead atoms. The molecule has 0 radical (unpaired) electrons. The number of rotatable bonds is 0. The molecule has 1 nitrogen and oxygen atoms in total. The van der Waals surface area contributed by atoms with Crippen LogP contribution < -0.4 is 5.32 Å². The molecule has 48 valence electrons. The highest BCUT2D eigenvalue weighted by atomic mass is 14.9. The van der Waals surface area contributed by atoms with Crippen molar-refractivity contribution in [3.05, 3.63) is 23.8 Å². The largest absolute Gasteiger partial charge is 0.312 e. The molecule has 1 aliphatic heterocycles. The van der Waals surface area contributed by atoms with Gasteiger partial charge in [-0.2, -0.15) is 0 Å². The van der Waals surface area contributed by atoms with E-state index in [9.17, 15) is 0 Å². The molecule has 0 saturated carbocycles. The molecule has 1 unspecified atom stereocenters. The van der Waals surface area contributed by atoms with Crippen LogP contribution in [0.15, 0.2) is 23.8 Å². The Hall–Kier alpha value is -0.560. The third-order valence-corrected chi connectivity index (χ3v) is 2.14. The highest BCUT2D eigenvalue weighted by molar-refractivity contribution is 5.34. The summed E-state index contributed by atoms with van der Waals surface area (Å²) in [6, 6.07) is 0. The minimum Gasteiger partial charge on any atom is -0.312 e. The topological polar surface area (TPSA) is 12.0 Å². The van der Waals surface area contributed by atoms with Crippen LogP contribution in [0.1, 0.15) is 6.42 Å². The molecule has 1 aliphatic carbocycles. The normalized spacial score (nSPS) is 32.7. The number of nitrogens with one attached hydrogen (secondary N) is 1. The standard InChI is InChI=1S/C8H11N/c1-6-2-7-4-9-5-8(7)3-6/h2,8-9H,1,3-5H2. The Labute approximate surface area is 55.5 Å². The molecule has 0 aromatic rings. The van der Waals surface area contributed by atoms with Crippen LogP contribution in [0, 0.1) is 5.92 Å². The number of fused-ring (bicyclic) bond motifs is 1. The minimum atomic E-state index is 0.803. The highest BCUT2D eigenvalue weighted by Gasteiger charge is 2.24. The van der Waals surface area contributed by atoms with Gasteiger partial charge in [0.2, 0.25) is 0 Å². The van der Waals surface area contributed by atoms with Crippen molar-refractivity contribution in [2.24, 2.45) is 5.92 Å². The van der Waals surface area contributed by atoms with Crippen molar-refractivity contribution >= 4 is 0 Å². The summed E-state index contributed by atoms with van der Waals surface area (Å²) in [4.78, 5) is 0. The molecule has 9 heavy (non-hydrogen) atoms. The maximum absolute atomic E-state index is 3.93. The molecular formula is C8H11N. The predicted molar refractivity (Wildman–Crippen MR) is 38.2 cm³/mol. The molecule has 0 spiro atoms. The molecule has 1 atom stereocenters. The van der Waals surface area contributed by atoms with Crippen LogP contribution >= 0.6 is 0 Å². The summed E-state index contributed by atoms with van der Waals surface area (Å²) in [7, 11) is 0. The van der Waals surface area contributed by atoms with E-state index in [-0.39, 0.29) is 0 Å². The Morgan fingerprint density at radius 3 is 3.33 bits per heavy atom. The number of allylic oxidation sites excluding steroid dienone is 2. The van der Waals surface area contributed by atoms with Crippen LogP contribution in [-0.4, -0.2) is 13.1 Å². The van der Waals surface area contributed by atoms with Crippen LogP contribution in [0.25, 0.3) is 0 Å². The zero-order chi connectivity index (χ0) is 6.27. The van der Waals surface area contributed by atoms with Crippen LogP contribution in [0.3, 0.4) is 0 Å². The highest BCUT2D eigenvalue weighted by Crippen LogP contribution is 2.30. The Morgan fingerprint density at radius 1 is 1.67 bits per heavy atom. The van der Waals surface area contributed by atoms with Gasteiger partial charge in [-0.25, -0.2) is 0 Å². The smallest absolute Gasteiger partial charge is 0.0171 e. The molecule has 1 heterocycles. The van der Waals surface area contributed by atoms with Gasteiger partial charge in [0.05, 0.1) is 0 Å². The first-order valence-corrected chi connectivity index (χ1v) is 3.45. The minimum absolute atomic E-state index is 0.803. The monoisotopic (exact) mass is 121 g/mol. The molecule has 1 N–H and O–H groups in total. The van der Waals surface area contributed by atoms with Gasteiger partial charge >= 0.3 is 0 Å². The number of hydrogen-bond acceptors (Lipinski definition) is 1. The maximum Gasteiger partial charge on any atom is 0.0171 e. The number of hydrogen-bond donors (Lipinski definition) is 1. The van der Waals surface area contributed by atoms with Gasteiger partial charge in [-0.1, -0.05) is 23.8 Å². The van der Waals surface area contributed by atoms with Crippen molar-refractivity contribution in [3.63, 3.8) is 0 Å². The first-order chi connectivity index (χ1) is 4.36. The van der Waals surface area contributed by atoms with Crippen molar-refractivity contribution in [1.82, 2.24) is 5.32 Å². The molecule has 1 heteroatoms. The Morgan fingerprint density at radius 2 is 2.56 bits per heavy atom. The summed E-state index contributed by atoms with van der Waals surface area (Å²) >= 11 is 0. The fraction of sp³-hybridized carbons (Fsp3) is 0.500. The Bertz CT molecular complexity index is 179. The van der Waals surface area contributed by atoms with Gasteiger partial charge in [0, 0.05) is 13.1 Å². The van der Waals surface area contributed by atoms with Gasteiger partial charge in [-0.05, 0) is 12.3 Å². The molecule has 1 fully saturated rings. The van der Waals surface area contributed by atoms with E-state index in [0.717, 1.165) is 12.5 Å². The van der Waals surface area contributed by atoms with Crippen molar-refractivity contribution < 1.29 is 0 Å². The van der Waals surface area contributed by atoms with Crippen LogP contribution in [0.4, 0.5) is 0 Å². The van der Waals surface area contributed by atoms with E-state index < -0.39 is 0 Å². The lowest BCUT2D eigenvalue weighted by atomic mass is 10.1. The SMILES string of the molecule is C=C1C=C2CNCC2C1. The lowest BCUT2D eigenvalue weighted by molar-refractivity contribution is 0.671. The second kappa shape index (κ2) is 1.71. The molecular weight excluding hydrogens is 110 g/mol. The van der Waals surface area contributed by atoms with Gasteiger partial charge in [-0.15, -0.1) is 0 Å². The van der Waals surface area contributed by atoms with E-state index in [2.05, 4.69) is 18.0 Å². The summed E-state index contributed by atoms with van der Waals surface area (Å²) in [6.45, 7) is 6.20. The van der Waals surface area contributed by atoms with Gasteiger partial charge in [-0.3, -0.25) is 0 Å². The van der Waals surface area contributed by atoms with Crippen LogP contribution in [0.2, 0.25) is 0 Å². The summed E-state index contributed by atoms with van der Waals surface area (Å²) in [6.07, 6.45) is 3.44. The van der Waals surface area contributed by atoms with E-state index in [1.54, 1.807) is 5.57 Å². The van der Waals surface area contributed by atoms with E-state index in [4.69, 9.17) is 0 Å². The molecule has 2 rings (SSSR count). The zero-order valence-corrected chi connectivity index (χ0v) is 5.48. The van der Waals surface area contributed by atoms with Crippen molar-refractivity contribution in [2.75, 3.05) is 13.1 Å². The maximum atomic E-state index is 3.93. The van der Waals surface area contributed by atoms with Gasteiger partial charge in [0.25, 0.3) is 0 Å². The van der Waals surface area contributed by atoms with Crippen LogP contribution in [-0.2, 0) is 0 Å². The summed E-state index contributed by atoms with van der Waals surface area (Å²) in [5.41, 5.74) is 2.89. The molecule has 0 aromatic heterocycles. The van der Waals surface area contributed by atoms with E-state index in [1.165, 1.54) is 18.5 Å². The van der Waals surface area contributed by atoms with Gasteiger partial charge < -0.3 is 5.32 Å². The molecule has 1 saturated heterocycles. The van der Waals surface area contributed by atoms with Gasteiger partial charge in [0.1, 0.15) is 0 Å². The fourth-order valence-corrected chi connectivity index (χ4v) is 1.68. The van der Waals surface area contributed by atoms with Crippen molar-refractivity contribution in [1.29, 1.82) is 0 Å². The summed E-state index contributed by atoms with van der Waals surface area (Å²) in [5, 5.41) is 3.34. The van der Waals surface area contributed by atoms with E-state index in [0.29, 0.717) is 0 Å². The lowest BCUT2D eigenvalue weighted by Crippen LogP contribution is -2.08. The average Bonchev–Trinajstić information content (AvgIpc) is 2.22. The van der Waals surface area contributed by atoms with Crippen molar-refractivity contribution in [2.45, 2.75) is 6.42 Å². The average molecular weight is 121 g/mol. The summed E-state index contributed by atoms with van der Waals surface area (Å²) < 4.78 is 0. The quantitative estimate of drug-likeness (QED) is 0.506. The van der Waals surface area contributed by atoms with E-state index in [1.807, 2.05) is 0 Å². The van der Waals surface area contributed by atoms with Crippen molar-refractivity contribution in [3.8, 4) is 0 Å². The second-order valence-electron chi connectivity index (χ2n) is 2.91. The second-order valence-corrected chi connectivity index (χ2v) is 2.91. The lowest BCUT2D eigenvalue weighted by Gasteiger charge is -1.98. The summed E-state index contributed by atoms with van der Waals surface area (Å²) in [5.74, 6) is 0.803. The van der Waals surface area contributed by atoms with Gasteiger partial charge in [0.15, 0.2) is 0 Å². The van der Waals surface area contributed by atoms with E-state index >= 15 is 0 Å². The zero-order valence-electron chi connectivity index (χ0n) is 5.48. The van der Waals surface area contributed by atoms with Crippen LogP contribution in [0.5, 0.6) is 0 Å². The third kappa shape index (κ3) is 0.724. The third-order valence-electron chi connectivity index (χ3n) is 2.14. The molecule has 0 amide bonds. The predicted octanol–water partition coefficient (Wildman–Crippen LogP) is 1.09. The molecule has 0 aromatic carbocycles. The first-order valence-electron chi connectivity index (χ1n) is 3.45. The molecule has 2 aliphatic rings.